The van der Waals surface area contributed by atoms with Crippen molar-refractivity contribution in [2.24, 2.45) is 10.8 Å². The van der Waals surface area contributed by atoms with Crippen LogP contribution < -0.4 is 10.1 Å². The van der Waals surface area contributed by atoms with Gasteiger partial charge in [-0.25, -0.2) is 4.39 Å². The number of ketones is 1. The predicted octanol–water partition coefficient (Wildman–Crippen LogP) is 4.17. The second-order valence-electron chi connectivity index (χ2n) is 9.02. The van der Waals surface area contributed by atoms with Crippen LogP contribution in [0.3, 0.4) is 0 Å². The first-order valence-corrected chi connectivity index (χ1v) is 10.8. The minimum atomic E-state index is -1.62. The summed E-state index contributed by atoms with van der Waals surface area (Å²) in [6.45, 7) is 1.66. The molecular weight excluding hydrogens is 397 g/mol. The number of fused-ring (bicyclic) bond motifs is 3. The lowest BCUT2D eigenvalue weighted by atomic mass is 9.85. The second-order valence-corrected chi connectivity index (χ2v) is 9.02. The topological polar surface area (TPSA) is 72.5 Å². The summed E-state index contributed by atoms with van der Waals surface area (Å²) in [5.41, 5.74) is -1.98. The van der Waals surface area contributed by atoms with E-state index in [2.05, 4.69) is 5.32 Å². The molecule has 160 valence electrons. The molecule has 0 radical (unpaired) electrons. The molecular formula is C25H24FNO4. The van der Waals surface area contributed by atoms with E-state index < -0.39 is 34.4 Å². The van der Waals surface area contributed by atoms with Crippen molar-refractivity contribution in [2.75, 3.05) is 0 Å². The zero-order chi connectivity index (χ0) is 21.8. The highest BCUT2D eigenvalue weighted by Gasteiger charge is 2.88. The standard InChI is InChI=1S/C25H24FNO4/c1-24(21(28)15-11-13-16(26)14-12-15)20-18-9-5-6-10-19(18)31-23(30)25(20,24)22(29)27-17-7-3-2-4-8-17/h5-6,9-14,17,20H,2-4,7-8H2,1H3,(H,27,29)/t20-,24+,25-/m1/s1. The molecule has 3 aliphatic rings. The Morgan fingerprint density at radius 1 is 1.03 bits per heavy atom. The summed E-state index contributed by atoms with van der Waals surface area (Å²) in [6.07, 6.45) is 4.92. The van der Waals surface area contributed by atoms with Gasteiger partial charge in [-0.05, 0) is 50.1 Å². The number of halogens is 1. The molecule has 5 nitrogen and oxygen atoms in total. The first-order chi connectivity index (χ1) is 14.9. The molecule has 5 rings (SSSR count). The van der Waals surface area contributed by atoms with Crippen LogP contribution in [0.1, 0.15) is 60.9 Å². The third-order valence-corrected chi connectivity index (χ3v) is 7.38. The Labute approximate surface area is 180 Å². The minimum Gasteiger partial charge on any atom is -0.425 e. The normalized spacial score (nSPS) is 29.4. The van der Waals surface area contributed by atoms with Gasteiger partial charge in [-0.1, -0.05) is 37.5 Å². The highest BCUT2D eigenvalue weighted by molar-refractivity contribution is 6.21. The average molecular weight is 421 g/mol. The molecule has 2 fully saturated rings. The average Bonchev–Trinajstić information content (AvgIpc) is 3.38. The van der Waals surface area contributed by atoms with E-state index >= 15 is 0 Å². The van der Waals surface area contributed by atoms with E-state index in [-0.39, 0.29) is 17.4 Å². The summed E-state index contributed by atoms with van der Waals surface area (Å²) in [6, 6.07) is 12.3. The van der Waals surface area contributed by atoms with Crippen molar-refractivity contribution in [3.05, 3.63) is 65.5 Å². The third kappa shape index (κ3) is 2.70. The quantitative estimate of drug-likeness (QED) is 0.348. The first-order valence-electron chi connectivity index (χ1n) is 10.8. The van der Waals surface area contributed by atoms with Gasteiger partial charge in [0.1, 0.15) is 11.6 Å². The molecule has 1 aliphatic heterocycles. The van der Waals surface area contributed by atoms with Gasteiger partial charge in [0.2, 0.25) is 5.91 Å². The van der Waals surface area contributed by atoms with Crippen LogP contribution >= 0.6 is 0 Å². The Hall–Kier alpha value is -3.02. The molecule has 2 aromatic carbocycles. The number of carbonyl (C=O) groups is 3. The van der Waals surface area contributed by atoms with Crippen LogP contribution in [0, 0.1) is 16.6 Å². The fourth-order valence-corrected chi connectivity index (χ4v) is 5.70. The molecule has 0 spiro atoms. The van der Waals surface area contributed by atoms with Gasteiger partial charge in [0.15, 0.2) is 11.2 Å². The van der Waals surface area contributed by atoms with Crippen LogP contribution in [0.15, 0.2) is 48.5 Å². The molecule has 6 heteroatoms. The zero-order valence-electron chi connectivity index (χ0n) is 17.3. The van der Waals surface area contributed by atoms with Crippen molar-refractivity contribution in [3.8, 4) is 5.75 Å². The number of hydrogen-bond acceptors (Lipinski definition) is 4. The van der Waals surface area contributed by atoms with Gasteiger partial charge in [-0.3, -0.25) is 14.4 Å². The summed E-state index contributed by atoms with van der Waals surface area (Å²) < 4.78 is 19.0. The van der Waals surface area contributed by atoms with Crippen LogP contribution in [0.5, 0.6) is 5.75 Å². The number of carbonyl (C=O) groups excluding carboxylic acids is 3. The van der Waals surface area contributed by atoms with Gasteiger partial charge in [-0.15, -0.1) is 0 Å². The van der Waals surface area contributed by atoms with Crippen molar-refractivity contribution in [1.29, 1.82) is 0 Å². The smallest absolute Gasteiger partial charge is 0.328 e. The molecule has 1 heterocycles. The largest absolute Gasteiger partial charge is 0.425 e. The molecule has 1 amide bonds. The number of Topliss-reactive ketones (excluding diaryl/α,β-unsaturated/α-hetero) is 1. The Morgan fingerprint density at radius 3 is 2.42 bits per heavy atom. The van der Waals surface area contributed by atoms with Gasteiger partial charge in [0.25, 0.3) is 0 Å². The summed E-state index contributed by atoms with van der Waals surface area (Å²) in [7, 11) is 0. The summed E-state index contributed by atoms with van der Waals surface area (Å²) in [5.74, 6) is -2.19. The summed E-state index contributed by atoms with van der Waals surface area (Å²) in [4.78, 5) is 40.6. The van der Waals surface area contributed by atoms with Crippen LogP contribution in [0.4, 0.5) is 4.39 Å². The maximum Gasteiger partial charge on any atom is 0.328 e. The van der Waals surface area contributed by atoms with Gasteiger partial charge in [0, 0.05) is 23.1 Å². The van der Waals surface area contributed by atoms with E-state index in [0.717, 1.165) is 32.1 Å². The van der Waals surface area contributed by atoms with Crippen molar-refractivity contribution in [1.82, 2.24) is 5.32 Å². The number of amides is 1. The fourth-order valence-electron chi connectivity index (χ4n) is 5.70. The number of para-hydroxylation sites is 1. The number of rotatable bonds is 4. The molecule has 31 heavy (non-hydrogen) atoms. The minimum absolute atomic E-state index is 0.00739. The molecule has 2 saturated carbocycles. The summed E-state index contributed by atoms with van der Waals surface area (Å²) >= 11 is 0. The lowest BCUT2D eigenvalue weighted by molar-refractivity contribution is -0.149. The highest BCUT2D eigenvalue weighted by Crippen LogP contribution is 2.78. The van der Waals surface area contributed by atoms with Crippen LogP contribution in [0.2, 0.25) is 0 Å². The predicted molar refractivity (Wildman–Crippen MR) is 111 cm³/mol. The Kier molecular flexibility index (Phi) is 4.50. The fraction of sp³-hybridized carbons (Fsp3) is 0.400. The number of nitrogens with one attached hydrogen (secondary N) is 1. The zero-order valence-corrected chi connectivity index (χ0v) is 17.3. The second kappa shape index (κ2) is 7.01. The van der Waals surface area contributed by atoms with Gasteiger partial charge in [-0.2, -0.15) is 0 Å². The van der Waals surface area contributed by atoms with E-state index in [1.54, 1.807) is 25.1 Å². The molecule has 2 aliphatic carbocycles. The molecule has 0 aromatic heterocycles. The van der Waals surface area contributed by atoms with Crippen molar-refractivity contribution >= 4 is 17.7 Å². The number of esters is 1. The van der Waals surface area contributed by atoms with Crippen LogP contribution in [0.25, 0.3) is 0 Å². The Morgan fingerprint density at radius 2 is 1.71 bits per heavy atom. The van der Waals surface area contributed by atoms with Crippen LogP contribution in [-0.2, 0) is 9.59 Å². The lowest BCUT2D eigenvalue weighted by Crippen LogP contribution is -2.49. The van der Waals surface area contributed by atoms with E-state index in [1.807, 2.05) is 6.07 Å². The van der Waals surface area contributed by atoms with Gasteiger partial charge < -0.3 is 10.1 Å². The van der Waals surface area contributed by atoms with Gasteiger partial charge in [0.05, 0.1) is 5.41 Å². The van der Waals surface area contributed by atoms with Crippen LogP contribution in [-0.4, -0.2) is 23.7 Å². The number of ether oxygens (including phenoxy) is 1. The maximum absolute atomic E-state index is 13.7. The van der Waals surface area contributed by atoms with E-state index in [4.69, 9.17) is 4.74 Å². The Balaban J connectivity index is 1.59. The Bertz CT molecular complexity index is 1080. The van der Waals surface area contributed by atoms with E-state index in [1.165, 1.54) is 24.3 Å². The molecule has 2 aromatic rings. The lowest BCUT2D eigenvalue weighted by Gasteiger charge is -2.28. The summed E-state index contributed by atoms with van der Waals surface area (Å²) in [5, 5.41) is 3.05. The van der Waals surface area contributed by atoms with Gasteiger partial charge >= 0.3 is 5.97 Å². The molecule has 0 unspecified atom stereocenters. The van der Waals surface area contributed by atoms with Crippen molar-refractivity contribution in [3.63, 3.8) is 0 Å². The van der Waals surface area contributed by atoms with Crippen molar-refractivity contribution in [2.45, 2.75) is 51.0 Å². The highest BCUT2D eigenvalue weighted by atomic mass is 19.1. The number of benzene rings is 2. The SMILES string of the molecule is C[C@@]1(C(=O)c2ccc(F)cc2)[C@H]2c3ccccc3OC(=O)[C@]21C(=O)NC1CCCCC1. The van der Waals surface area contributed by atoms with Crippen molar-refractivity contribution < 1.29 is 23.5 Å². The van der Waals surface area contributed by atoms with E-state index in [0.29, 0.717) is 11.3 Å². The third-order valence-electron chi connectivity index (χ3n) is 7.38. The van der Waals surface area contributed by atoms with E-state index in [9.17, 15) is 18.8 Å². The molecule has 1 N–H and O–H groups in total. The number of hydrogen-bond donors (Lipinski definition) is 1. The first kappa shape index (κ1) is 19.9. The molecule has 3 atom stereocenters. The monoisotopic (exact) mass is 421 g/mol. The molecule has 0 saturated heterocycles. The maximum atomic E-state index is 13.7. The molecule has 0 bridgehead atoms.